The Hall–Kier alpha value is -1.81. The molecule has 15 heavy (non-hydrogen) atoms. The summed E-state index contributed by atoms with van der Waals surface area (Å²) in [5.74, 6) is 0.692. The average molecular weight is 200 g/mol. The lowest BCUT2D eigenvalue weighted by Crippen LogP contribution is -2.07. The largest absolute Gasteiger partial charge is 0.330 e. The van der Waals surface area contributed by atoms with Crippen LogP contribution in [-0.2, 0) is 6.42 Å². The topological polar surface area (TPSA) is 64.7 Å². The van der Waals surface area contributed by atoms with E-state index in [0.29, 0.717) is 18.8 Å². The van der Waals surface area contributed by atoms with Gasteiger partial charge in [0, 0.05) is 12.0 Å². The van der Waals surface area contributed by atoms with Gasteiger partial charge in [-0.3, -0.25) is 0 Å². The molecule has 1 aromatic heterocycles. The number of benzene rings is 1. The van der Waals surface area contributed by atoms with Crippen molar-refractivity contribution in [3.63, 3.8) is 0 Å². The molecule has 2 rings (SSSR count). The summed E-state index contributed by atoms with van der Waals surface area (Å²) in [5.41, 5.74) is 7.22. The summed E-state index contributed by atoms with van der Waals surface area (Å²) in [4.78, 5) is 4.19. The molecule has 1 aromatic carbocycles. The summed E-state index contributed by atoms with van der Waals surface area (Å²) in [5, 5.41) is 8.10. The van der Waals surface area contributed by atoms with Crippen LogP contribution in [0.3, 0.4) is 0 Å². The van der Waals surface area contributed by atoms with Crippen molar-refractivity contribution in [3.05, 3.63) is 42.4 Å². The van der Waals surface area contributed by atoms with Crippen LogP contribution in [0.15, 0.2) is 36.5 Å². The molecule has 4 nitrogen and oxygen atoms in total. The second-order valence-corrected chi connectivity index (χ2v) is 3.16. The van der Waals surface area contributed by atoms with E-state index in [4.69, 9.17) is 5.73 Å². The average Bonchev–Trinajstić information content (AvgIpc) is 2.32. The molecule has 0 radical (unpaired) electrons. The summed E-state index contributed by atoms with van der Waals surface area (Å²) < 4.78 is 0. The Morgan fingerprint density at radius 2 is 1.87 bits per heavy atom. The van der Waals surface area contributed by atoms with Gasteiger partial charge >= 0.3 is 0 Å². The molecule has 0 aliphatic carbocycles. The van der Waals surface area contributed by atoms with Crippen LogP contribution < -0.4 is 5.73 Å². The standard InChI is InChI=1S/C11H12N4/c12-7-6-11-13-8-10(14-15-11)9-4-2-1-3-5-9/h1-5,8H,6-7,12H2. The van der Waals surface area contributed by atoms with Gasteiger partial charge in [0.15, 0.2) is 5.82 Å². The predicted octanol–water partition coefficient (Wildman–Crippen LogP) is 1.04. The summed E-state index contributed by atoms with van der Waals surface area (Å²) in [6.07, 6.45) is 2.40. The first-order valence-corrected chi connectivity index (χ1v) is 4.84. The summed E-state index contributed by atoms with van der Waals surface area (Å²) in [6.45, 7) is 0.548. The molecule has 0 fully saturated rings. The van der Waals surface area contributed by atoms with Crippen molar-refractivity contribution < 1.29 is 0 Å². The zero-order valence-electron chi connectivity index (χ0n) is 8.30. The molecule has 0 saturated heterocycles. The van der Waals surface area contributed by atoms with Crippen molar-refractivity contribution >= 4 is 0 Å². The third-order valence-electron chi connectivity index (χ3n) is 2.05. The van der Waals surface area contributed by atoms with Crippen molar-refractivity contribution in [2.45, 2.75) is 6.42 Å². The molecule has 1 heterocycles. The number of rotatable bonds is 3. The lowest BCUT2D eigenvalue weighted by molar-refractivity contribution is 0.813. The molecule has 0 aliphatic rings. The van der Waals surface area contributed by atoms with Crippen LogP contribution in [0.4, 0.5) is 0 Å². The van der Waals surface area contributed by atoms with Crippen LogP contribution >= 0.6 is 0 Å². The Morgan fingerprint density at radius 1 is 1.07 bits per heavy atom. The van der Waals surface area contributed by atoms with Gasteiger partial charge in [-0.05, 0) is 6.54 Å². The van der Waals surface area contributed by atoms with Crippen LogP contribution in [0.25, 0.3) is 11.3 Å². The van der Waals surface area contributed by atoms with Crippen LogP contribution in [-0.4, -0.2) is 21.7 Å². The normalized spacial score (nSPS) is 10.2. The first kappa shape index (κ1) is 9.73. The molecule has 76 valence electrons. The maximum absolute atomic E-state index is 5.40. The maximum Gasteiger partial charge on any atom is 0.152 e. The third kappa shape index (κ3) is 2.35. The van der Waals surface area contributed by atoms with E-state index < -0.39 is 0 Å². The second kappa shape index (κ2) is 4.61. The molecule has 0 atom stereocenters. The number of aromatic nitrogens is 3. The SMILES string of the molecule is NCCc1ncc(-c2ccccc2)nn1. The lowest BCUT2D eigenvalue weighted by Gasteiger charge is -1.99. The van der Waals surface area contributed by atoms with Gasteiger partial charge in [0.05, 0.1) is 6.20 Å². The molecule has 0 spiro atoms. The first-order chi connectivity index (χ1) is 7.40. The number of nitrogens with two attached hydrogens (primary N) is 1. The van der Waals surface area contributed by atoms with Crippen LogP contribution in [0.1, 0.15) is 5.82 Å². The molecule has 2 aromatic rings. The van der Waals surface area contributed by atoms with Gasteiger partial charge in [0.25, 0.3) is 0 Å². The summed E-state index contributed by atoms with van der Waals surface area (Å²) in [6, 6.07) is 9.85. The highest BCUT2D eigenvalue weighted by atomic mass is 15.2. The van der Waals surface area contributed by atoms with E-state index in [2.05, 4.69) is 15.2 Å². The molecule has 0 amide bonds. The van der Waals surface area contributed by atoms with Gasteiger partial charge in [-0.2, -0.15) is 0 Å². The molecule has 4 heteroatoms. The Kier molecular flexibility index (Phi) is 2.99. The molecule has 0 saturated carbocycles. The van der Waals surface area contributed by atoms with E-state index in [1.807, 2.05) is 30.3 Å². The molecule has 2 N–H and O–H groups in total. The highest BCUT2D eigenvalue weighted by Crippen LogP contribution is 2.13. The Morgan fingerprint density at radius 3 is 2.47 bits per heavy atom. The highest BCUT2D eigenvalue weighted by Gasteiger charge is 2.00. The van der Waals surface area contributed by atoms with E-state index in [-0.39, 0.29) is 0 Å². The van der Waals surface area contributed by atoms with Crippen molar-refractivity contribution in [1.82, 2.24) is 15.2 Å². The van der Waals surface area contributed by atoms with Crippen molar-refractivity contribution in [3.8, 4) is 11.3 Å². The third-order valence-corrected chi connectivity index (χ3v) is 2.05. The summed E-state index contributed by atoms with van der Waals surface area (Å²) >= 11 is 0. The number of hydrogen-bond donors (Lipinski definition) is 1. The van der Waals surface area contributed by atoms with Gasteiger partial charge in [-0.15, -0.1) is 10.2 Å². The second-order valence-electron chi connectivity index (χ2n) is 3.16. The molecular weight excluding hydrogens is 188 g/mol. The molecule has 0 unspecified atom stereocenters. The van der Waals surface area contributed by atoms with Crippen LogP contribution in [0, 0.1) is 0 Å². The van der Waals surface area contributed by atoms with E-state index in [0.717, 1.165) is 11.3 Å². The van der Waals surface area contributed by atoms with Gasteiger partial charge in [0.2, 0.25) is 0 Å². The molecule has 0 aliphatic heterocycles. The van der Waals surface area contributed by atoms with Crippen molar-refractivity contribution in [2.75, 3.05) is 6.54 Å². The Balaban J connectivity index is 2.24. The van der Waals surface area contributed by atoms with Crippen LogP contribution in [0.5, 0.6) is 0 Å². The van der Waals surface area contributed by atoms with E-state index in [1.165, 1.54) is 0 Å². The fourth-order valence-corrected chi connectivity index (χ4v) is 1.28. The smallest absolute Gasteiger partial charge is 0.152 e. The fourth-order valence-electron chi connectivity index (χ4n) is 1.28. The monoisotopic (exact) mass is 200 g/mol. The van der Waals surface area contributed by atoms with Gasteiger partial charge < -0.3 is 5.73 Å². The quantitative estimate of drug-likeness (QED) is 0.804. The minimum absolute atomic E-state index is 0.548. The Bertz CT molecular complexity index is 410. The molecule has 0 bridgehead atoms. The number of nitrogens with zero attached hydrogens (tertiary/aromatic N) is 3. The van der Waals surface area contributed by atoms with Crippen molar-refractivity contribution in [2.24, 2.45) is 5.73 Å². The highest BCUT2D eigenvalue weighted by molar-refractivity contribution is 5.56. The van der Waals surface area contributed by atoms with E-state index >= 15 is 0 Å². The van der Waals surface area contributed by atoms with E-state index in [9.17, 15) is 0 Å². The van der Waals surface area contributed by atoms with E-state index in [1.54, 1.807) is 6.20 Å². The Labute approximate surface area is 88.2 Å². The van der Waals surface area contributed by atoms with Gasteiger partial charge in [0.1, 0.15) is 5.69 Å². The minimum Gasteiger partial charge on any atom is -0.330 e. The zero-order valence-corrected chi connectivity index (χ0v) is 8.30. The summed E-state index contributed by atoms with van der Waals surface area (Å²) in [7, 11) is 0. The lowest BCUT2D eigenvalue weighted by atomic mass is 10.2. The van der Waals surface area contributed by atoms with Crippen molar-refractivity contribution in [1.29, 1.82) is 0 Å². The maximum atomic E-state index is 5.40. The minimum atomic E-state index is 0.548. The first-order valence-electron chi connectivity index (χ1n) is 4.84. The van der Waals surface area contributed by atoms with Gasteiger partial charge in [-0.1, -0.05) is 30.3 Å². The zero-order chi connectivity index (χ0) is 10.5. The predicted molar refractivity (Wildman–Crippen MR) is 58.0 cm³/mol. The van der Waals surface area contributed by atoms with Crippen LogP contribution in [0.2, 0.25) is 0 Å². The number of hydrogen-bond acceptors (Lipinski definition) is 4. The van der Waals surface area contributed by atoms with Gasteiger partial charge in [-0.25, -0.2) is 4.98 Å². The fraction of sp³-hybridized carbons (Fsp3) is 0.182. The molecular formula is C11H12N4.